The van der Waals surface area contributed by atoms with Gasteiger partial charge in [-0.25, -0.2) is 4.79 Å². The van der Waals surface area contributed by atoms with Crippen molar-refractivity contribution in [1.82, 2.24) is 10.6 Å². The summed E-state index contributed by atoms with van der Waals surface area (Å²) in [6.45, 7) is 5.10. The van der Waals surface area contributed by atoms with E-state index in [0.717, 1.165) is 6.42 Å². The summed E-state index contributed by atoms with van der Waals surface area (Å²) >= 11 is 0. The first-order chi connectivity index (χ1) is 8.04. The van der Waals surface area contributed by atoms with Crippen LogP contribution in [0.25, 0.3) is 0 Å². The maximum absolute atomic E-state index is 11.5. The van der Waals surface area contributed by atoms with Gasteiger partial charge in [0.2, 0.25) is 0 Å². The Morgan fingerprint density at radius 2 is 2.18 bits per heavy atom. The van der Waals surface area contributed by atoms with Crippen LogP contribution in [0.5, 0.6) is 0 Å². The predicted molar refractivity (Wildman–Crippen MR) is 61.7 cm³/mol. The number of hydrogen-bond acceptors (Lipinski definition) is 3. The molecule has 98 valence electrons. The third kappa shape index (κ3) is 4.22. The van der Waals surface area contributed by atoms with Gasteiger partial charge in [0.15, 0.2) is 0 Å². The predicted octanol–water partition coefficient (Wildman–Crippen LogP) is 0.431. The zero-order chi connectivity index (χ0) is 12.8. The largest absolute Gasteiger partial charge is 0.481 e. The highest BCUT2D eigenvalue weighted by atomic mass is 16.5. The monoisotopic (exact) mass is 244 g/mol. The number of ether oxygens (including phenoxy) is 1. The molecule has 6 nitrogen and oxygen atoms in total. The number of nitrogens with one attached hydrogen (secondary N) is 2. The summed E-state index contributed by atoms with van der Waals surface area (Å²) in [5.74, 6) is -1.17. The Kier molecular flexibility index (Phi) is 5.21. The SMILES string of the molecule is CCC(C)CNC(=O)NC1COCC1C(=O)O. The molecule has 0 aromatic heterocycles. The quantitative estimate of drug-likeness (QED) is 0.654. The van der Waals surface area contributed by atoms with E-state index in [9.17, 15) is 9.59 Å². The number of carboxylic acid groups (broad SMARTS) is 1. The molecule has 0 radical (unpaired) electrons. The van der Waals surface area contributed by atoms with Crippen molar-refractivity contribution in [3.63, 3.8) is 0 Å². The summed E-state index contributed by atoms with van der Waals surface area (Å²) in [6.07, 6.45) is 0.991. The molecule has 1 rings (SSSR count). The molecule has 3 unspecified atom stereocenters. The first-order valence-electron chi connectivity index (χ1n) is 5.89. The van der Waals surface area contributed by atoms with Crippen LogP contribution >= 0.6 is 0 Å². The maximum atomic E-state index is 11.5. The molecule has 1 aliphatic rings. The van der Waals surface area contributed by atoms with Gasteiger partial charge in [-0.05, 0) is 5.92 Å². The minimum absolute atomic E-state index is 0.158. The summed E-state index contributed by atoms with van der Waals surface area (Å²) in [5.41, 5.74) is 0. The lowest BCUT2D eigenvalue weighted by atomic mass is 10.0. The third-order valence-corrected chi connectivity index (χ3v) is 3.02. The number of amides is 2. The summed E-state index contributed by atoms with van der Waals surface area (Å²) < 4.78 is 5.06. The van der Waals surface area contributed by atoms with Gasteiger partial charge in [0.25, 0.3) is 0 Å². The summed E-state index contributed by atoms with van der Waals surface area (Å²) in [5, 5.41) is 14.3. The summed E-state index contributed by atoms with van der Waals surface area (Å²) in [6, 6.07) is -0.767. The fourth-order valence-corrected chi connectivity index (χ4v) is 1.57. The van der Waals surface area contributed by atoms with Crippen molar-refractivity contribution in [2.24, 2.45) is 11.8 Å². The van der Waals surface area contributed by atoms with E-state index in [1.165, 1.54) is 0 Å². The van der Waals surface area contributed by atoms with E-state index in [4.69, 9.17) is 9.84 Å². The lowest BCUT2D eigenvalue weighted by Crippen LogP contribution is -2.47. The van der Waals surface area contributed by atoms with Crippen LogP contribution in [0, 0.1) is 11.8 Å². The highest BCUT2D eigenvalue weighted by Crippen LogP contribution is 2.13. The number of carbonyl (C=O) groups is 2. The highest BCUT2D eigenvalue weighted by molar-refractivity contribution is 5.77. The Balaban J connectivity index is 2.33. The fraction of sp³-hybridized carbons (Fsp3) is 0.818. The lowest BCUT2D eigenvalue weighted by Gasteiger charge is -2.17. The minimum atomic E-state index is -0.935. The second-order valence-electron chi connectivity index (χ2n) is 4.46. The van der Waals surface area contributed by atoms with Crippen molar-refractivity contribution in [3.8, 4) is 0 Å². The molecule has 6 heteroatoms. The van der Waals surface area contributed by atoms with Crippen molar-refractivity contribution >= 4 is 12.0 Å². The number of urea groups is 1. The number of carbonyl (C=O) groups excluding carboxylic acids is 1. The fourth-order valence-electron chi connectivity index (χ4n) is 1.57. The van der Waals surface area contributed by atoms with Crippen LogP contribution in [-0.2, 0) is 9.53 Å². The van der Waals surface area contributed by atoms with Crippen LogP contribution in [0.1, 0.15) is 20.3 Å². The van der Waals surface area contributed by atoms with Gasteiger partial charge in [0, 0.05) is 6.54 Å². The molecular formula is C11H20N2O4. The third-order valence-electron chi connectivity index (χ3n) is 3.02. The number of carboxylic acids is 1. The molecule has 0 aliphatic carbocycles. The maximum Gasteiger partial charge on any atom is 0.315 e. The molecule has 3 N–H and O–H groups in total. The molecule has 0 aromatic carbocycles. The molecule has 1 saturated heterocycles. The zero-order valence-electron chi connectivity index (χ0n) is 10.2. The Morgan fingerprint density at radius 3 is 2.76 bits per heavy atom. The number of hydrogen-bond donors (Lipinski definition) is 3. The van der Waals surface area contributed by atoms with E-state index < -0.39 is 17.9 Å². The molecule has 1 aliphatic heterocycles. The average Bonchev–Trinajstić information content (AvgIpc) is 2.74. The van der Waals surface area contributed by atoms with Crippen molar-refractivity contribution in [3.05, 3.63) is 0 Å². The molecule has 1 heterocycles. The van der Waals surface area contributed by atoms with Gasteiger partial charge in [-0.2, -0.15) is 0 Å². The van der Waals surface area contributed by atoms with E-state index in [1.807, 2.05) is 6.92 Å². The molecule has 0 saturated carbocycles. The molecule has 1 fully saturated rings. The van der Waals surface area contributed by atoms with E-state index in [2.05, 4.69) is 17.6 Å². The van der Waals surface area contributed by atoms with Crippen LogP contribution in [0.4, 0.5) is 4.79 Å². The van der Waals surface area contributed by atoms with Crippen LogP contribution < -0.4 is 10.6 Å². The second-order valence-corrected chi connectivity index (χ2v) is 4.46. The molecule has 0 aromatic rings. The van der Waals surface area contributed by atoms with Crippen molar-refractivity contribution in [2.75, 3.05) is 19.8 Å². The van der Waals surface area contributed by atoms with Crippen LogP contribution in [0.3, 0.4) is 0 Å². The summed E-state index contributed by atoms with van der Waals surface area (Å²) in [4.78, 5) is 22.4. The average molecular weight is 244 g/mol. The molecule has 17 heavy (non-hydrogen) atoms. The molecule has 3 atom stereocenters. The molecule has 2 amide bonds. The zero-order valence-corrected chi connectivity index (χ0v) is 10.2. The van der Waals surface area contributed by atoms with Gasteiger partial charge in [-0.1, -0.05) is 20.3 Å². The Hall–Kier alpha value is -1.30. The smallest absolute Gasteiger partial charge is 0.315 e. The molecular weight excluding hydrogens is 224 g/mol. The van der Waals surface area contributed by atoms with Crippen molar-refractivity contribution in [1.29, 1.82) is 0 Å². The Bertz CT molecular complexity index is 283. The number of aliphatic carboxylic acids is 1. The first-order valence-corrected chi connectivity index (χ1v) is 5.89. The van der Waals surface area contributed by atoms with Gasteiger partial charge in [0.1, 0.15) is 5.92 Å². The Labute approximate surface area is 101 Å². The topological polar surface area (TPSA) is 87.7 Å². The van der Waals surface area contributed by atoms with Gasteiger partial charge in [-0.3, -0.25) is 4.79 Å². The molecule has 0 bridgehead atoms. The van der Waals surface area contributed by atoms with Gasteiger partial charge in [0.05, 0.1) is 19.3 Å². The first kappa shape index (κ1) is 13.8. The normalized spacial score (nSPS) is 25.3. The minimum Gasteiger partial charge on any atom is -0.481 e. The van der Waals surface area contributed by atoms with Crippen LogP contribution in [-0.4, -0.2) is 42.9 Å². The standard InChI is InChI=1S/C11H20N2O4/c1-3-7(2)4-12-11(16)13-9-6-17-5-8(9)10(14)15/h7-9H,3-6H2,1-2H3,(H,14,15)(H2,12,13,16). The van der Waals surface area contributed by atoms with E-state index >= 15 is 0 Å². The van der Waals surface area contributed by atoms with E-state index in [0.29, 0.717) is 12.5 Å². The lowest BCUT2D eigenvalue weighted by molar-refractivity contribution is -0.142. The van der Waals surface area contributed by atoms with E-state index in [1.54, 1.807) is 0 Å². The van der Waals surface area contributed by atoms with Crippen LogP contribution in [0.2, 0.25) is 0 Å². The van der Waals surface area contributed by atoms with E-state index in [-0.39, 0.29) is 19.2 Å². The van der Waals surface area contributed by atoms with Gasteiger partial charge in [-0.15, -0.1) is 0 Å². The second kappa shape index (κ2) is 6.44. The van der Waals surface area contributed by atoms with Crippen LogP contribution in [0.15, 0.2) is 0 Å². The van der Waals surface area contributed by atoms with Crippen molar-refractivity contribution < 1.29 is 19.4 Å². The van der Waals surface area contributed by atoms with Gasteiger partial charge < -0.3 is 20.5 Å². The Morgan fingerprint density at radius 1 is 1.47 bits per heavy atom. The van der Waals surface area contributed by atoms with Crippen molar-refractivity contribution in [2.45, 2.75) is 26.3 Å². The highest BCUT2D eigenvalue weighted by Gasteiger charge is 2.34. The molecule has 0 spiro atoms. The van der Waals surface area contributed by atoms with Gasteiger partial charge >= 0.3 is 12.0 Å². The number of rotatable bonds is 5. The summed E-state index contributed by atoms with van der Waals surface area (Å²) in [7, 11) is 0.